The van der Waals surface area contributed by atoms with Crippen LogP contribution in [0.1, 0.15) is 0 Å². The summed E-state index contributed by atoms with van der Waals surface area (Å²) < 4.78 is 135. The molecule has 342 valence electrons. The van der Waals surface area contributed by atoms with Crippen LogP contribution in [0.3, 0.4) is 0 Å². The van der Waals surface area contributed by atoms with Crippen molar-refractivity contribution in [1.29, 1.82) is 0 Å². The number of phenols is 4. The lowest BCUT2D eigenvalue weighted by molar-refractivity contribution is 0.470. The fraction of sp³-hybridized carbons (Fsp3) is 0. The Hall–Kier alpha value is -6.93. The van der Waals surface area contributed by atoms with Crippen LogP contribution in [0.2, 0.25) is 10.3 Å². The number of fused-ring (bicyclic) bond motifs is 2. The molecule has 0 spiro atoms. The maximum Gasteiger partial charge on any atom is 0.296 e. The Morgan fingerprint density at radius 3 is 1.38 bits per heavy atom. The van der Waals surface area contributed by atoms with Crippen LogP contribution >= 0.6 is 23.2 Å². The maximum absolute atomic E-state index is 12.5. The zero-order valence-electron chi connectivity index (χ0n) is 31.9. The van der Waals surface area contributed by atoms with E-state index in [-0.39, 0.29) is 50.1 Å². The number of aromatic nitrogens is 3. The van der Waals surface area contributed by atoms with Crippen LogP contribution in [0, 0.1) is 0 Å². The Labute approximate surface area is 379 Å². The van der Waals surface area contributed by atoms with Gasteiger partial charge in [0.1, 0.15) is 38.3 Å². The highest BCUT2D eigenvalue weighted by atomic mass is 35.5. The average Bonchev–Trinajstić information content (AvgIpc) is 3.20. The number of hydrogen-bond donors (Lipinski definition) is 10. The van der Waals surface area contributed by atoms with Gasteiger partial charge in [-0.1, -0.05) is 11.6 Å². The summed E-state index contributed by atoms with van der Waals surface area (Å²) in [6, 6.07) is 13.4. The highest BCUT2D eigenvalue weighted by molar-refractivity contribution is 7.86. The number of hydrogen-bond acceptors (Lipinski definition) is 21. The summed E-state index contributed by atoms with van der Waals surface area (Å²) in [5, 5.41) is 61.5. The van der Waals surface area contributed by atoms with Gasteiger partial charge in [-0.15, -0.1) is 20.5 Å². The zero-order chi connectivity index (χ0) is 48.3. The molecule has 0 bridgehead atoms. The van der Waals surface area contributed by atoms with Crippen LogP contribution in [-0.2, 0) is 40.5 Å². The first-order valence-electron chi connectivity index (χ1n) is 17.3. The third-order valence-corrected chi connectivity index (χ3v) is 12.7. The number of halogens is 2. The molecule has 1 heterocycles. The van der Waals surface area contributed by atoms with Gasteiger partial charge in [0.05, 0.1) is 14.8 Å². The van der Waals surface area contributed by atoms with E-state index in [0.717, 1.165) is 24.3 Å². The van der Waals surface area contributed by atoms with Gasteiger partial charge in [-0.05, 0) is 101 Å². The number of aromatic hydroxyl groups is 4. The Kier molecular flexibility index (Phi) is 12.2. The van der Waals surface area contributed by atoms with Crippen molar-refractivity contribution in [3.63, 3.8) is 0 Å². The van der Waals surface area contributed by atoms with Crippen molar-refractivity contribution >= 4 is 131 Å². The highest BCUT2D eigenvalue weighted by Gasteiger charge is 2.25. The molecule has 0 unspecified atom stereocenters. The first-order valence-corrected chi connectivity index (χ1v) is 23.8. The van der Waals surface area contributed by atoms with Gasteiger partial charge in [0, 0.05) is 22.1 Å². The third kappa shape index (κ3) is 9.98. The molecule has 0 atom stereocenters. The molecule has 25 nitrogen and oxygen atoms in total. The fourth-order valence-electron chi connectivity index (χ4n) is 5.90. The molecule has 10 N–H and O–H groups in total. The third-order valence-electron chi connectivity index (χ3n) is 8.85. The molecule has 0 aliphatic heterocycles. The minimum absolute atomic E-state index is 0.0130. The van der Waals surface area contributed by atoms with Crippen LogP contribution in [0.4, 0.5) is 46.0 Å². The molecule has 0 saturated carbocycles. The molecular formula is C35H23Cl2N9O16S4. The second-order valence-electron chi connectivity index (χ2n) is 13.2. The summed E-state index contributed by atoms with van der Waals surface area (Å²) in [6.07, 6.45) is 0. The van der Waals surface area contributed by atoms with E-state index in [1.165, 1.54) is 36.4 Å². The average molecular weight is 1020 g/mol. The van der Waals surface area contributed by atoms with Crippen LogP contribution in [0.5, 0.6) is 23.0 Å². The first kappa shape index (κ1) is 47.0. The molecule has 7 rings (SSSR count). The molecule has 1 aromatic heterocycles. The molecule has 66 heavy (non-hydrogen) atoms. The van der Waals surface area contributed by atoms with E-state index in [4.69, 9.17) is 23.2 Å². The van der Waals surface area contributed by atoms with E-state index in [9.17, 15) is 72.3 Å². The summed E-state index contributed by atoms with van der Waals surface area (Å²) in [5.41, 5.74) is -2.59. The molecule has 0 aliphatic rings. The quantitative estimate of drug-likeness (QED) is 0.0415. The number of nitrogens with one attached hydrogen (secondary N) is 2. The number of azo groups is 2. The zero-order valence-corrected chi connectivity index (χ0v) is 36.6. The van der Waals surface area contributed by atoms with Crippen molar-refractivity contribution in [1.82, 2.24) is 15.0 Å². The van der Waals surface area contributed by atoms with Gasteiger partial charge >= 0.3 is 0 Å². The van der Waals surface area contributed by atoms with E-state index < -0.39 is 111 Å². The Morgan fingerprint density at radius 2 is 0.924 bits per heavy atom. The molecule has 0 amide bonds. The molecule has 0 aliphatic carbocycles. The van der Waals surface area contributed by atoms with Crippen LogP contribution in [-0.4, -0.2) is 87.3 Å². The summed E-state index contributed by atoms with van der Waals surface area (Å²) in [6.45, 7) is 0. The number of phenolic OH excluding ortho intramolecular Hbond substituents is 4. The van der Waals surface area contributed by atoms with Gasteiger partial charge in [0.25, 0.3) is 40.5 Å². The van der Waals surface area contributed by atoms with E-state index in [2.05, 4.69) is 46.0 Å². The molecule has 0 fully saturated rings. The summed E-state index contributed by atoms with van der Waals surface area (Å²) in [4.78, 5) is 8.75. The van der Waals surface area contributed by atoms with E-state index in [1.54, 1.807) is 0 Å². The lowest BCUT2D eigenvalue weighted by Crippen LogP contribution is -2.04. The Balaban J connectivity index is 1.19. The summed E-state index contributed by atoms with van der Waals surface area (Å²) in [5.74, 6) is -3.57. The van der Waals surface area contributed by atoms with Gasteiger partial charge < -0.3 is 31.1 Å². The number of rotatable bonds is 12. The number of nitrogens with zero attached hydrogens (tertiary/aromatic N) is 7. The van der Waals surface area contributed by atoms with Crippen LogP contribution in [0.15, 0.2) is 119 Å². The normalized spacial score (nSPS) is 12.7. The second kappa shape index (κ2) is 17.1. The minimum atomic E-state index is -5.18. The van der Waals surface area contributed by atoms with Gasteiger partial charge in [0.15, 0.2) is 17.2 Å². The fourth-order valence-corrected chi connectivity index (χ4v) is 8.69. The SMILES string of the molecule is O=S(=O)(O)c1ccc(O)c(N=Nc2c(S(=O)(=O)O)cc3cc(Nc4nc(Cl)nc(Nc5ccc6c(O)c(N=Nc7cc(S(=O)(=O)O)cc(Cl)c7O)c(S(=O)(=O)O)cc6c5)n4)ccc3c2O)c1. The molecular weight excluding hydrogens is 1000 g/mol. The monoisotopic (exact) mass is 1020 g/mol. The molecule has 31 heteroatoms. The van der Waals surface area contributed by atoms with Gasteiger partial charge in [0.2, 0.25) is 17.2 Å². The largest absolute Gasteiger partial charge is 0.506 e. The summed E-state index contributed by atoms with van der Waals surface area (Å²) >= 11 is 12.0. The number of anilines is 4. The Bertz CT molecular complexity index is 3750. The second-order valence-corrected chi connectivity index (χ2v) is 19.6. The molecule has 6 aromatic carbocycles. The van der Waals surface area contributed by atoms with Crippen LogP contribution in [0.25, 0.3) is 21.5 Å². The van der Waals surface area contributed by atoms with E-state index >= 15 is 0 Å². The van der Waals surface area contributed by atoms with E-state index in [0.29, 0.717) is 18.2 Å². The highest BCUT2D eigenvalue weighted by Crippen LogP contribution is 2.45. The smallest absolute Gasteiger partial charge is 0.296 e. The predicted octanol–water partition coefficient (Wildman–Crippen LogP) is 7.61. The van der Waals surface area contributed by atoms with Crippen molar-refractivity contribution in [3.05, 3.63) is 89.2 Å². The summed E-state index contributed by atoms with van der Waals surface area (Å²) in [7, 11) is -19.9. The first-order chi connectivity index (χ1) is 30.7. The molecule has 0 saturated heterocycles. The van der Waals surface area contributed by atoms with E-state index in [1.807, 2.05) is 0 Å². The standard InChI is InChI=1S/C35H23Cl2N9O16S4/c36-22-11-19(64(54,55)56)13-24(32(22)50)44-46-29-27(66(60,61)62)10-15-8-17(2-5-21(15)31(29)49)39-35-41-33(37)40-34(42-35)38-16-1-4-20-14(7-16)9-26(65(57,58)59)28(30(20)48)45-43-23-12-18(63(51,52)53)3-6-25(23)47/h1-13,47-50H,(H,51,52,53)(H,54,55,56)(H,57,58,59)(H,60,61,62)(H2,38,39,40,41,42). The maximum atomic E-state index is 12.5. The Morgan fingerprint density at radius 1 is 0.470 bits per heavy atom. The van der Waals surface area contributed by atoms with Crippen molar-refractivity contribution in [2.75, 3.05) is 10.6 Å². The van der Waals surface area contributed by atoms with Gasteiger partial charge in [-0.3, -0.25) is 18.2 Å². The van der Waals surface area contributed by atoms with Crippen molar-refractivity contribution in [2.24, 2.45) is 20.5 Å². The topological polar surface area (TPSA) is 411 Å². The lowest BCUT2D eigenvalue weighted by atomic mass is 10.1. The van der Waals surface area contributed by atoms with Crippen molar-refractivity contribution in [3.8, 4) is 23.0 Å². The number of benzene rings is 6. The predicted molar refractivity (Wildman–Crippen MR) is 231 cm³/mol. The lowest BCUT2D eigenvalue weighted by Gasteiger charge is -2.12. The molecule has 7 aromatic rings. The van der Waals surface area contributed by atoms with Gasteiger partial charge in [-0.25, -0.2) is 0 Å². The van der Waals surface area contributed by atoms with Crippen molar-refractivity contribution < 1.29 is 72.3 Å². The minimum Gasteiger partial charge on any atom is -0.506 e. The van der Waals surface area contributed by atoms with Crippen molar-refractivity contribution in [2.45, 2.75) is 19.6 Å². The van der Waals surface area contributed by atoms with Crippen LogP contribution < -0.4 is 10.6 Å². The van der Waals surface area contributed by atoms with Gasteiger partial charge in [-0.2, -0.15) is 48.6 Å². The molecule has 0 radical (unpaired) electrons.